The Bertz CT molecular complexity index is 680. The lowest BCUT2D eigenvalue weighted by Crippen LogP contribution is -2.04. The zero-order valence-corrected chi connectivity index (χ0v) is 12.2. The van der Waals surface area contributed by atoms with E-state index in [1.165, 1.54) is 13.4 Å². The molecule has 0 aliphatic rings. The van der Waals surface area contributed by atoms with E-state index in [-0.39, 0.29) is 0 Å². The van der Waals surface area contributed by atoms with Crippen molar-refractivity contribution in [3.63, 3.8) is 0 Å². The Kier molecular flexibility index (Phi) is 4.57. The highest BCUT2D eigenvalue weighted by Crippen LogP contribution is 2.35. The summed E-state index contributed by atoms with van der Waals surface area (Å²) in [6.07, 6.45) is 1.40. The average Bonchev–Trinajstić information content (AvgIpc) is 2.50. The van der Waals surface area contributed by atoms with Crippen LogP contribution in [0.15, 0.2) is 24.5 Å². The highest BCUT2D eigenvalue weighted by Gasteiger charge is 2.15. The van der Waals surface area contributed by atoms with E-state index in [1.54, 1.807) is 12.1 Å². The Labute approximate surface area is 123 Å². The van der Waals surface area contributed by atoms with Crippen molar-refractivity contribution in [2.75, 3.05) is 19.0 Å². The molecule has 0 saturated carbocycles. The van der Waals surface area contributed by atoms with E-state index in [1.807, 2.05) is 19.9 Å². The van der Waals surface area contributed by atoms with Gasteiger partial charge in [0, 0.05) is 6.54 Å². The summed E-state index contributed by atoms with van der Waals surface area (Å²) in [4.78, 5) is 8.22. The number of hydrogen-bond acceptors (Lipinski definition) is 6. The van der Waals surface area contributed by atoms with Crippen molar-refractivity contribution in [2.45, 2.75) is 13.8 Å². The van der Waals surface area contributed by atoms with Crippen LogP contribution in [-0.2, 0) is 0 Å². The number of hydrogen-bond donors (Lipinski definition) is 1. The van der Waals surface area contributed by atoms with E-state index in [9.17, 15) is 0 Å². The van der Waals surface area contributed by atoms with Crippen LogP contribution in [0.25, 0.3) is 0 Å². The number of methoxy groups -OCH3 is 1. The van der Waals surface area contributed by atoms with Crippen molar-refractivity contribution in [1.29, 1.82) is 5.26 Å². The van der Waals surface area contributed by atoms with Crippen LogP contribution >= 0.6 is 0 Å². The molecule has 2 aromatic rings. The van der Waals surface area contributed by atoms with Gasteiger partial charge in [-0.1, -0.05) is 6.07 Å². The number of rotatable bonds is 5. The van der Waals surface area contributed by atoms with Crippen LogP contribution in [0.1, 0.15) is 18.1 Å². The van der Waals surface area contributed by atoms with Crippen LogP contribution in [0, 0.1) is 18.3 Å². The lowest BCUT2D eigenvalue weighted by molar-refractivity contribution is 0.368. The molecule has 2 rings (SSSR count). The number of anilines is 1. The van der Waals surface area contributed by atoms with E-state index in [4.69, 9.17) is 14.7 Å². The third kappa shape index (κ3) is 3.20. The van der Waals surface area contributed by atoms with Gasteiger partial charge in [0.15, 0.2) is 5.82 Å². The minimum absolute atomic E-state index is 0.307. The average molecular weight is 284 g/mol. The largest absolute Gasteiger partial charge is 0.489 e. The number of aromatic nitrogens is 2. The van der Waals surface area contributed by atoms with Crippen LogP contribution in [-0.4, -0.2) is 23.6 Å². The third-order valence-electron chi connectivity index (χ3n) is 2.84. The van der Waals surface area contributed by atoms with Crippen molar-refractivity contribution >= 4 is 5.82 Å². The van der Waals surface area contributed by atoms with Gasteiger partial charge in [-0.3, -0.25) is 0 Å². The molecule has 6 nitrogen and oxygen atoms in total. The number of aryl methyl sites for hydroxylation is 1. The smallest absolute Gasteiger partial charge is 0.268 e. The Balaban J connectivity index is 2.40. The van der Waals surface area contributed by atoms with Crippen molar-refractivity contribution in [3.05, 3.63) is 35.7 Å². The van der Waals surface area contributed by atoms with Gasteiger partial charge >= 0.3 is 0 Å². The first kappa shape index (κ1) is 14.6. The first-order chi connectivity index (χ1) is 10.2. The number of nitrogens with one attached hydrogen (secondary N) is 1. The second-order valence-corrected chi connectivity index (χ2v) is 4.29. The Morgan fingerprint density at radius 3 is 2.81 bits per heavy atom. The standard InChI is InChI=1S/C15H16N4O2/c1-4-17-14-13(20-3)15(19-9-18-14)21-12-7-11(8-16)6-5-10(12)2/h5-7,9H,4H2,1-3H3,(H,17,18,19). The lowest BCUT2D eigenvalue weighted by Gasteiger charge is -2.13. The molecule has 0 bridgehead atoms. The van der Waals surface area contributed by atoms with Gasteiger partial charge in [-0.05, 0) is 31.5 Å². The number of nitrogens with zero attached hydrogens (tertiary/aromatic N) is 3. The van der Waals surface area contributed by atoms with Crippen LogP contribution in [0.2, 0.25) is 0 Å². The Hall–Kier alpha value is -2.81. The number of nitriles is 1. The van der Waals surface area contributed by atoms with E-state index in [0.29, 0.717) is 35.3 Å². The molecule has 0 saturated heterocycles. The molecule has 0 amide bonds. The summed E-state index contributed by atoms with van der Waals surface area (Å²) < 4.78 is 11.1. The van der Waals surface area contributed by atoms with Gasteiger partial charge in [0.05, 0.1) is 18.7 Å². The first-order valence-electron chi connectivity index (χ1n) is 6.51. The normalized spacial score (nSPS) is 9.81. The lowest BCUT2D eigenvalue weighted by atomic mass is 10.1. The van der Waals surface area contributed by atoms with Crippen molar-refractivity contribution in [3.8, 4) is 23.4 Å². The monoisotopic (exact) mass is 284 g/mol. The highest BCUT2D eigenvalue weighted by molar-refractivity contribution is 5.56. The number of benzene rings is 1. The van der Waals surface area contributed by atoms with E-state index < -0.39 is 0 Å². The Morgan fingerprint density at radius 2 is 2.14 bits per heavy atom. The highest BCUT2D eigenvalue weighted by atomic mass is 16.5. The number of ether oxygens (including phenoxy) is 2. The van der Waals surface area contributed by atoms with Gasteiger partial charge in [0.25, 0.3) is 5.88 Å². The summed E-state index contributed by atoms with van der Waals surface area (Å²) in [6, 6.07) is 7.32. The maximum absolute atomic E-state index is 8.97. The molecule has 1 heterocycles. The van der Waals surface area contributed by atoms with E-state index in [2.05, 4.69) is 21.4 Å². The zero-order valence-electron chi connectivity index (χ0n) is 12.2. The summed E-state index contributed by atoms with van der Waals surface area (Å²) in [7, 11) is 1.53. The van der Waals surface area contributed by atoms with Crippen LogP contribution < -0.4 is 14.8 Å². The molecule has 1 aromatic heterocycles. The summed E-state index contributed by atoms with van der Waals surface area (Å²) in [5.74, 6) is 1.87. The van der Waals surface area contributed by atoms with Gasteiger partial charge in [-0.15, -0.1) is 0 Å². The predicted molar refractivity (Wildman–Crippen MR) is 78.7 cm³/mol. The maximum Gasteiger partial charge on any atom is 0.268 e. The zero-order chi connectivity index (χ0) is 15.2. The van der Waals surface area contributed by atoms with Gasteiger partial charge in [0.2, 0.25) is 5.75 Å². The van der Waals surface area contributed by atoms with Crippen LogP contribution in [0.4, 0.5) is 5.82 Å². The fourth-order valence-corrected chi connectivity index (χ4v) is 1.79. The fraction of sp³-hybridized carbons (Fsp3) is 0.267. The molecule has 0 fully saturated rings. The second kappa shape index (κ2) is 6.57. The minimum atomic E-state index is 0.307. The van der Waals surface area contributed by atoms with Crippen molar-refractivity contribution in [2.24, 2.45) is 0 Å². The molecular formula is C15H16N4O2. The minimum Gasteiger partial charge on any atom is -0.489 e. The summed E-state index contributed by atoms with van der Waals surface area (Å²) in [6.45, 7) is 4.56. The summed E-state index contributed by atoms with van der Waals surface area (Å²) in [5.41, 5.74) is 1.43. The predicted octanol–water partition coefficient (Wildman–Crippen LogP) is 2.89. The van der Waals surface area contributed by atoms with Gasteiger partial charge in [-0.25, -0.2) is 4.98 Å². The molecule has 0 unspecified atom stereocenters. The molecule has 0 spiro atoms. The first-order valence-corrected chi connectivity index (χ1v) is 6.51. The molecule has 1 N–H and O–H groups in total. The van der Waals surface area contributed by atoms with Crippen LogP contribution in [0.3, 0.4) is 0 Å². The topological polar surface area (TPSA) is 80.1 Å². The van der Waals surface area contributed by atoms with E-state index in [0.717, 1.165) is 5.56 Å². The quantitative estimate of drug-likeness (QED) is 0.909. The summed E-state index contributed by atoms with van der Waals surface area (Å²) >= 11 is 0. The van der Waals surface area contributed by atoms with Crippen molar-refractivity contribution < 1.29 is 9.47 Å². The molecule has 21 heavy (non-hydrogen) atoms. The summed E-state index contributed by atoms with van der Waals surface area (Å²) in [5, 5.41) is 12.0. The molecule has 6 heteroatoms. The molecule has 0 aliphatic heterocycles. The van der Waals surface area contributed by atoms with Gasteiger partial charge < -0.3 is 14.8 Å². The second-order valence-electron chi connectivity index (χ2n) is 4.29. The van der Waals surface area contributed by atoms with Crippen molar-refractivity contribution in [1.82, 2.24) is 9.97 Å². The van der Waals surface area contributed by atoms with Crippen LogP contribution in [0.5, 0.6) is 17.4 Å². The van der Waals surface area contributed by atoms with E-state index >= 15 is 0 Å². The Morgan fingerprint density at radius 1 is 1.33 bits per heavy atom. The van der Waals surface area contributed by atoms with Gasteiger partial charge in [-0.2, -0.15) is 10.2 Å². The maximum atomic E-state index is 8.97. The molecule has 1 aromatic carbocycles. The third-order valence-corrected chi connectivity index (χ3v) is 2.84. The molecular weight excluding hydrogens is 268 g/mol. The molecule has 0 radical (unpaired) electrons. The molecule has 108 valence electrons. The fourth-order valence-electron chi connectivity index (χ4n) is 1.79. The molecule has 0 atom stereocenters. The SMILES string of the molecule is CCNc1ncnc(Oc2cc(C#N)ccc2C)c1OC. The van der Waals surface area contributed by atoms with Gasteiger partial charge in [0.1, 0.15) is 12.1 Å². The molecule has 0 aliphatic carbocycles.